The zero-order chi connectivity index (χ0) is 11.8. The highest BCUT2D eigenvalue weighted by atomic mass is 16.5. The van der Waals surface area contributed by atoms with Crippen molar-refractivity contribution in [3.05, 3.63) is 0 Å². The van der Waals surface area contributed by atoms with E-state index in [-0.39, 0.29) is 12.0 Å². The van der Waals surface area contributed by atoms with Crippen LogP contribution in [0.15, 0.2) is 0 Å². The van der Waals surface area contributed by atoms with Gasteiger partial charge in [0.1, 0.15) is 0 Å². The Morgan fingerprint density at radius 1 is 1.25 bits per heavy atom. The summed E-state index contributed by atoms with van der Waals surface area (Å²) in [6.07, 6.45) is 4.54. The number of nitrogens with zero attached hydrogens (tertiary/aromatic N) is 1. The fraction of sp³-hybridized carbons (Fsp3) is 0.923. The first-order valence-corrected chi connectivity index (χ1v) is 6.40. The Balaban J connectivity index is 2.31. The van der Waals surface area contributed by atoms with Crippen LogP contribution in [0.5, 0.6) is 0 Å². The van der Waals surface area contributed by atoms with Crippen LogP contribution in [-0.4, -0.2) is 25.9 Å². The lowest BCUT2D eigenvalue weighted by atomic mass is 9.79. The van der Waals surface area contributed by atoms with Crippen molar-refractivity contribution in [3.63, 3.8) is 0 Å². The number of ether oxygens (including phenoxy) is 2. The molecule has 0 aromatic heterocycles. The first kappa shape index (κ1) is 13.5. The zero-order valence-electron chi connectivity index (χ0n) is 10.4. The largest absolute Gasteiger partial charge is 0.379 e. The summed E-state index contributed by atoms with van der Waals surface area (Å²) in [5.74, 6) is 0.825. The molecule has 1 aliphatic rings. The number of hydrogen-bond donors (Lipinski definition) is 0. The summed E-state index contributed by atoms with van der Waals surface area (Å²) < 4.78 is 11.0. The van der Waals surface area contributed by atoms with Crippen LogP contribution >= 0.6 is 0 Å². The van der Waals surface area contributed by atoms with E-state index in [1.807, 2.05) is 6.92 Å². The van der Waals surface area contributed by atoms with Crippen LogP contribution < -0.4 is 0 Å². The Morgan fingerprint density at radius 2 is 2.06 bits per heavy atom. The van der Waals surface area contributed by atoms with Gasteiger partial charge in [-0.2, -0.15) is 5.26 Å². The van der Waals surface area contributed by atoms with Gasteiger partial charge in [-0.3, -0.25) is 0 Å². The van der Waals surface area contributed by atoms with Crippen molar-refractivity contribution in [1.29, 1.82) is 5.26 Å². The van der Waals surface area contributed by atoms with Gasteiger partial charge >= 0.3 is 0 Å². The molecule has 92 valence electrons. The van der Waals surface area contributed by atoms with Gasteiger partial charge in [0, 0.05) is 6.61 Å². The maximum Gasteiger partial charge on any atom is 0.0737 e. The highest BCUT2D eigenvalue weighted by Gasteiger charge is 2.30. The Hall–Kier alpha value is -0.590. The second-order valence-corrected chi connectivity index (χ2v) is 4.43. The third-order valence-electron chi connectivity index (χ3n) is 3.41. The molecule has 1 aliphatic carbocycles. The van der Waals surface area contributed by atoms with Crippen LogP contribution in [0.3, 0.4) is 0 Å². The van der Waals surface area contributed by atoms with Gasteiger partial charge in [0.05, 0.1) is 31.3 Å². The Morgan fingerprint density at radius 3 is 2.69 bits per heavy atom. The maximum absolute atomic E-state index is 9.06. The normalized spacial score (nSPS) is 29.9. The molecule has 0 spiro atoms. The van der Waals surface area contributed by atoms with E-state index in [9.17, 15) is 0 Å². The minimum absolute atomic E-state index is 0.0874. The number of rotatable bonds is 6. The van der Waals surface area contributed by atoms with Gasteiger partial charge in [0.15, 0.2) is 0 Å². The molecule has 0 aliphatic heterocycles. The lowest BCUT2D eigenvalue weighted by molar-refractivity contribution is -0.0351. The third-order valence-corrected chi connectivity index (χ3v) is 3.41. The van der Waals surface area contributed by atoms with Crippen LogP contribution in [0.4, 0.5) is 0 Å². The molecule has 0 radical (unpaired) electrons. The molecule has 16 heavy (non-hydrogen) atoms. The fourth-order valence-corrected chi connectivity index (χ4v) is 2.32. The Labute approximate surface area is 98.7 Å². The van der Waals surface area contributed by atoms with Crippen LogP contribution in [0.25, 0.3) is 0 Å². The molecule has 1 rings (SSSR count). The van der Waals surface area contributed by atoms with Gasteiger partial charge in [0.2, 0.25) is 0 Å². The summed E-state index contributed by atoms with van der Waals surface area (Å²) in [6.45, 7) is 6.18. The molecule has 0 aromatic rings. The maximum atomic E-state index is 9.06. The molecule has 0 amide bonds. The first-order valence-electron chi connectivity index (χ1n) is 6.40. The van der Waals surface area contributed by atoms with Crippen molar-refractivity contribution < 1.29 is 9.47 Å². The summed E-state index contributed by atoms with van der Waals surface area (Å²) >= 11 is 0. The van der Waals surface area contributed by atoms with Gasteiger partial charge < -0.3 is 9.47 Å². The minimum Gasteiger partial charge on any atom is -0.379 e. The van der Waals surface area contributed by atoms with Gasteiger partial charge in [-0.25, -0.2) is 0 Å². The van der Waals surface area contributed by atoms with Crippen molar-refractivity contribution in [1.82, 2.24) is 0 Å². The SMILES string of the molecule is CCOCCOC1CC(CC)CCC1C#N. The first-order chi connectivity index (χ1) is 7.81. The lowest BCUT2D eigenvalue weighted by Crippen LogP contribution is -2.32. The summed E-state index contributed by atoms with van der Waals surface area (Å²) in [4.78, 5) is 0. The zero-order valence-corrected chi connectivity index (χ0v) is 10.4. The predicted molar refractivity (Wildman–Crippen MR) is 63.0 cm³/mol. The average Bonchev–Trinajstić information content (AvgIpc) is 2.34. The molecular weight excluding hydrogens is 202 g/mol. The minimum atomic E-state index is 0.0874. The molecule has 3 heteroatoms. The van der Waals surface area contributed by atoms with Gasteiger partial charge in [0.25, 0.3) is 0 Å². The monoisotopic (exact) mass is 225 g/mol. The summed E-state index contributed by atoms with van der Waals surface area (Å²) in [6, 6.07) is 2.37. The summed E-state index contributed by atoms with van der Waals surface area (Å²) in [5.41, 5.74) is 0. The Kier molecular flexibility index (Phi) is 6.44. The van der Waals surface area contributed by atoms with Crippen molar-refractivity contribution in [2.75, 3.05) is 19.8 Å². The van der Waals surface area contributed by atoms with Crippen LogP contribution in [-0.2, 0) is 9.47 Å². The van der Waals surface area contributed by atoms with E-state index < -0.39 is 0 Å². The second-order valence-electron chi connectivity index (χ2n) is 4.43. The van der Waals surface area contributed by atoms with E-state index in [0.29, 0.717) is 13.2 Å². The number of hydrogen-bond acceptors (Lipinski definition) is 3. The molecule has 3 nitrogen and oxygen atoms in total. The van der Waals surface area contributed by atoms with E-state index in [1.54, 1.807) is 0 Å². The van der Waals surface area contributed by atoms with Crippen molar-refractivity contribution in [3.8, 4) is 6.07 Å². The third kappa shape index (κ3) is 4.11. The molecule has 1 fully saturated rings. The van der Waals surface area contributed by atoms with Crippen molar-refractivity contribution in [2.24, 2.45) is 11.8 Å². The lowest BCUT2D eigenvalue weighted by Gasteiger charge is -2.32. The standard InChI is InChI=1S/C13H23NO2/c1-3-11-5-6-12(10-14)13(9-11)16-8-7-15-4-2/h11-13H,3-9H2,1-2H3. The van der Waals surface area contributed by atoms with Gasteiger partial charge in [-0.1, -0.05) is 13.3 Å². The fourth-order valence-electron chi connectivity index (χ4n) is 2.32. The molecule has 0 aromatic carbocycles. The van der Waals surface area contributed by atoms with Crippen LogP contribution in [0, 0.1) is 23.2 Å². The highest BCUT2D eigenvalue weighted by molar-refractivity contribution is 4.93. The van der Waals surface area contributed by atoms with Crippen molar-refractivity contribution >= 4 is 0 Å². The Bertz CT molecular complexity index is 224. The predicted octanol–water partition coefficient (Wildman–Crippen LogP) is 2.76. The summed E-state index contributed by atoms with van der Waals surface area (Å²) in [5, 5.41) is 9.06. The number of nitriles is 1. The molecule has 0 N–H and O–H groups in total. The van der Waals surface area contributed by atoms with E-state index in [1.165, 1.54) is 12.8 Å². The van der Waals surface area contributed by atoms with E-state index >= 15 is 0 Å². The average molecular weight is 225 g/mol. The topological polar surface area (TPSA) is 42.2 Å². The van der Waals surface area contributed by atoms with E-state index in [0.717, 1.165) is 25.4 Å². The van der Waals surface area contributed by atoms with Crippen LogP contribution in [0.2, 0.25) is 0 Å². The second kappa shape index (κ2) is 7.65. The molecule has 0 bridgehead atoms. The highest BCUT2D eigenvalue weighted by Crippen LogP contribution is 2.32. The molecule has 0 saturated heterocycles. The molecule has 0 heterocycles. The summed E-state index contributed by atoms with van der Waals surface area (Å²) in [7, 11) is 0. The smallest absolute Gasteiger partial charge is 0.0737 e. The van der Waals surface area contributed by atoms with Crippen molar-refractivity contribution in [2.45, 2.75) is 45.6 Å². The van der Waals surface area contributed by atoms with Gasteiger partial charge in [-0.05, 0) is 32.1 Å². The quantitative estimate of drug-likeness (QED) is 0.653. The molecule has 3 unspecified atom stereocenters. The van der Waals surface area contributed by atoms with Crippen LogP contribution in [0.1, 0.15) is 39.5 Å². The molecule has 1 saturated carbocycles. The molecular formula is C13H23NO2. The molecule has 3 atom stereocenters. The van der Waals surface area contributed by atoms with E-state index in [2.05, 4.69) is 13.0 Å². The van der Waals surface area contributed by atoms with Gasteiger partial charge in [-0.15, -0.1) is 0 Å². The van der Waals surface area contributed by atoms with E-state index in [4.69, 9.17) is 14.7 Å².